The van der Waals surface area contributed by atoms with Crippen LogP contribution in [0.15, 0.2) is 84.9 Å². The molecule has 0 amide bonds. The van der Waals surface area contributed by atoms with Crippen molar-refractivity contribution >= 4 is 11.8 Å². The van der Waals surface area contributed by atoms with E-state index < -0.39 is 0 Å². The molecular weight excluding hydrogens is 468 g/mol. The highest BCUT2D eigenvalue weighted by molar-refractivity contribution is 7.99. The van der Waals surface area contributed by atoms with Crippen LogP contribution in [0.4, 0.5) is 0 Å². The number of phenols is 1. The molecular formula is C35H48OS. The van der Waals surface area contributed by atoms with Crippen molar-refractivity contribution in [3.05, 3.63) is 102 Å². The molecule has 0 spiro atoms. The van der Waals surface area contributed by atoms with Gasteiger partial charge in [0.25, 0.3) is 0 Å². The second kappa shape index (κ2) is 15.9. The van der Waals surface area contributed by atoms with Crippen LogP contribution in [-0.2, 0) is 5.75 Å². The maximum absolute atomic E-state index is 10.4. The van der Waals surface area contributed by atoms with Gasteiger partial charge in [0, 0.05) is 16.6 Å². The topological polar surface area (TPSA) is 20.2 Å². The molecule has 0 saturated heterocycles. The largest absolute Gasteiger partial charge is 0.508 e. The summed E-state index contributed by atoms with van der Waals surface area (Å²) < 4.78 is 0. The number of thioether (sulfide) groups is 1. The molecule has 0 aromatic heterocycles. The average Bonchev–Trinajstić information content (AvgIpc) is 2.94. The molecule has 1 N–H and O–H groups in total. The van der Waals surface area contributed by atoms with Gasteiger partial charge in [-0.2, -0.15) is 11.8 Å². The van der Waals surface area contributed by atoms with E-state index >= 15 is 0 Å². The lowest BCUT2D eigenvalue weighted by Crippen LogP contribution is -2.21. The molecule has 0 saturated carbocycles. The fourth-order valence-electron chi connectivity index (χ4n) is 5.55. The highest BCUT2D eigenvalue weighted by Gasteiger charge is 2.27. The van der Waals surface area contributed by atoms with Gasteiger partial charge >= 0.3 is 0 Å². The minimum atomic E-state index is 0.430. The Morgan fingerprint density at radius 1 is 0.676 bits per heavy atom. The second-order valence-corrected chi connectivity index (χ2v) is 12.3. The molecule has 0 aliphatic heterocycles. The van der Waals surface area contributed by atoms with Gasteiger partial charge in [-0.05, 0) is 60.1 Å². The van der Waals surface area contributed by atoms with Crippen molar-refractivity contribution in [1.82, 2.24) is 0 Å². The van der Waals surface area contributed by atoms with Gasteiger partial charge in [0.1, 0.15) is 5.75 Å². The summed E-state index contributed by atoms with van der Waals surface area (Å²) in [7, 11) is 0. The molecule has 37 heavy (non-hydrogen) atoms. The highest BCUT2D eigenvalue weighted by Crippen LogP contribution is 2.40. The van der Waals surface area contributed by atoms with Crippen molar-refractivity contribution in [2.75, 3.05) is 0 Å². The van der Waals surface area contributed by atoms with Crippen LogP contribution in [-0.4, -0.2) is 10.4 Å². The van der Waals surface area contributed by atoms with E-state index in [9.17, 15) is 5.11 Å². The Balaban J connectivity index is 1.77. The Kier molecular flexibility index (Phi) is 12.6. The van der Waals surface area contributed by atoms with E-state index in [-0.39, 0.29) is 0 Å². The molecule has 0 fully saturated rings. The minimum absolute atomic E-state index is 0.430. The summed E-state index contributed by atoms with van der Waals surface area (Å²) in [6.07, 6.45) is 8.95. The van der Waals surface area contributed by atoms with Crippen LogP contribution < -0.4 is 0 Å². The van der Waals surface area contributed by atoms with E-state index in [1.54, 1.807) is 0 Å². The van der Waals surface area contributed by atoms with Crippen LogP contribution in [0.1, 0.15) is 101 Å². The van der Waals surface area contributed by atoms with Crippen molar-refractivity contribution in [2.45, 2.75) is 95.5 Å². The number of rotatable bonds is 16. The van der Waals surface area contributed by atoms with E-state index in [4.69, 9.17) is 0 Å². The third-order valence-corrected chi connectivity index (χ3v) is 9.67. The molecule has 1 nitrogen and oxygen atoms in total. The summed E-state index contributed by atoms with van der Waals surface area (Å²) in [5.41, 5.74) is 3.97. The summed E-state index contributed by atoms with van der Waals surface area (Å²) in [5, 5.41) is 11.0. The normalized spacial score (nSPS) is 15.6. The van der Waals surface area contributed by atoms with Crippen LogP contribution >= 0.6 is 11.8 Å². The quantitative estimate of drug-likeness (QED) is 0.191. The first kappa shape index (κ1) is 29.4. The predicted octanol–water partition coefficient (Wildman–Crippen LogP) is 10.6. The number of unbranched alkanes of at least 4 members (excludes halogenated alkanes) is 3. The molecule has 5 atom stereocenters. The van der Waals surface area contributed by atoms with E-state index in [1.165, 1.54) is 56.1 Å². The standard InChI is InChI=1S/C35H48OS/c1-5-6-7-14-22-34(37-26-32-21-15-16-23-35(32)36)25-33(29(4)31-19-12-9-13-20-31)24-27(2)28(3)30-17-10-8-11-18-30/h8-13,15-21,23,27-29,33-34,36H,5-7,14,22,24-26H2,1-4H3. The van der Waals surface area contributed by atoms with Crippen LogP contribution in [0.2, 0.25) is 0 Å². The molecule has 0 radical (unpaired) electrons. The molecule has 3 aromatic rings. The summed E-state index contributed by atoms with van der Waals surface area (Å²) in [6, 6.07) is 30.0. The molecule has 0 aliphatic carbocycles. The Hall–Kier alpha value is -2.19. The number of benzene rings is 3. The molecule has 0 aliphatic rings. The van der Waals surface area contributed by atoms with Gasteiger partial charge < -0.3 is 5.11 Å². The summed E-state index contributed by atoms with van der Waals surface area (Å²) in [4.78, 5) is 0. The second-order valence-electron chi connectivity index (χ2n) is 11.0. The number of para-hydroxylation sites is 1. The Bertz CT molecular complexity index is 1000. The van der Waals surface area contributed by atoms with Crippen molar-refractivity contribution in [3.63, 3.8) is 0 Å². The minimum Gasteiger partial charge on any atom is -0.508 e. The maximum atomic E-state index is 10.4. The molecule has 3 aromatic carbocycles. The van der Waals surface area contributed by atoms with Crippen LogP contribution in [0.3, 0.4) is 0 Å². The molecule has 5 unspecified atom stereocenters. The maximum Gasteiger partial charge on any atom is 0.119 e. The van der Waals surface area contributed by atoms with Crippen LogP contribution in [0.5, 0.6) is 5.75 Å². The van der Waals surface area contributed by atoms with Crippen molar-refractivity contribution in [1.29, 1.82) is 0 Å². The van der Waals surface area contributed by atoms with Crippen LogP contribution in [0.25, 0.3) is 0 Å². The van der Waals surface area contributed by atoms with Gasteiger partial charge in [0.05, 0.1) is 0 Å². The zero-order chi connectivity index (χ0) is 26.5. The third kappa shape index (κ3) is 9.56. The summed E-state index contributed by atoms with van der Waals surface area (Å²) >= 11 is 2.06. The van der Waals surface area contributed by atoms with E-state index in [0.29, 0.717) is 34.7 Å². The van der Waals surface area contributed by atoms with Gasteiger partial charge in [-0.3, -0.25) is 0 Å². The average molecular weight is 517 g/mol. The van der Waals surface area contributed by atoms with Crippen molar-refractivity contribution < 1.29 is 5.11 Å². The highest BCUT2D eigenvalue weighted by atomic mass is 32.2. The summed E-state index contributed by atoms with van der Waals surface area (Å²) in [6.45, 7) is 9.59. The van der Waals surface area contributed by atoms with Gasteiger partial charge in [-0.15, -0.1) is 0 Å². The SMILES string of the molecule is CCCCCCC(CC(CC(C)C(C)c1ccccc1)C(C)c1ccccc1)SCc1ccccc1O. The van der Waals surface area contributed by atoms with Crippen molar-refractivity contribution in [2.24, 2.45) is 11.8 Å². The van der Waals surface area contributed by atoms with Gasteiger partial charge in [0.2, 0.25) is 0 Å². The Morgan fingerprint density at radius 3 is 1.89 bits per heavy atom. The number of phenolic OH excluding ortho intramolecular Hbond substituents is 1. The Morgan fingerprint density at radius 2 is 1.27 bits per heavy atom. The number of hydrogen-bond donors (Lipinski definition) is 1. The van der Waals surface area contributed by atoms with Crippen molar-refractivity contribution in [3.8, 4) is 5.75 Å². The molecule has 2 heteroatoms. The van der Waals surface area contributed by atoms with Crippen LogP contribution in [0, 0.1) is 11.8 Å². The summed E-state index contributed by atoms with van der Waals surface area (Å²) in [5.74, 6) is 3.62. The van der Waals surface area contributed by atoms with E-state index in [0.717, 1.165) is 11.3 Å². The first-order valence-corrected chi connectivity index (χ1v) is 15.5. The molecule has 0 heterocycles. The van der Waals surface area contributed by atoms with E-state index in [1.807, 2.05) is 18.2 Å². The van der Waals surface area contributed by atoms with Gasteiger partial charge in [-0.1, -0.05) is 132 Å². The fourth-order valence-corrected chi connectivity index (χ4v) is 6.92. The number of aromatic hydroxyl groups is 1. The Labute approximate surface area is 231 Å². The lowest BCUT2D eigenvalue weighted by Gasteiger charge is -2.33. The van der Waals surface area contributed by atoms with Gasteiger partial charge in [-0.25, -0.2) is 0 Å². The fraction of sp³-hybridized carbons (Fsp3) is 0.486. The first-order valence-electron chi connectivity index (χ1n) is 14.5. The first-order chi connectivity index (χ1) is 18.0. The monoisotopic (exact) mass is 516 g/mol. The molecule has 0 bridgehead atoms. The predicted molar refractivity (Wildman–Crippen MR) is 164 cm³/mol. The third-order valence-electron chi connectivity index (χ3n) is 8.30. The van der Waals surface area contributed by atoms with Gasteiger partial charge in [0.15, 0.2) is 0 Å². The number of hydrogen-bond acceptors (Lipinski definition) is 2. The molecule has 200 valence electrons. The van der Waals surface area contributed by atoms with E-state index in [2.05, 4.69) is 106 Å². The smallest absolute Gasteiger partial charge is 0.119 e. The zero-order valence-corrected chi connectivity index (χ0v) is 24.3. The zero-order valence-electron chi connectivity index (χ0n) is 23.5. The molecule has 3 rings (SSSR count). The lowest BCUT2D eigenvalue weighted by molar-refractivity contribution is 0.298. The lowest BCUT2D eigenvalue weighted by atomic mass is 9.75.